The van der Waals surface area contributed by atoms with E-state index in [1.807, 2.05) is 57.2 Å². The maximum absolute atomic E-state index is 6.06. The van der Waals surface area contributed by atoms with Crippen molar-refractivity contribution >= 4 is 6.08 Å². The van der Waals surface area contributed by atoms with E-state index in [1.165, 1.54) is 7.05 Å². The maximum atomic E-state index is 6.06. The molecule has 0 amide bonds. The number of allylic oxidation sites excluding steroid dienone is 4. The average molecular weight is 271 g/mol. The first kappa shape index (κ1) is 17.9. The molecule has 0 saturated carbocycles. The number of aromatic nitrogens is 1. The van der Waals surface area contributed by atoms with E-state index in [9.17, 15) is 0 Å². The highest BCUT2D eigenvalue weighted by Crippen LogP contribution is 2.17. The Morgan fingerprint density at radius 3 is 2.55 bits per heavy atom. The molecule has 1 aromatic rings. The predicted molar refractivity (Wildman–Crippen MR) is 89.0 cm³/mol. The minimum Gasteiger partial charge on any atom is -0.398 e. The third kappa shape index (κ3) is 5.67. The summed E-state index contributed by atoms with van der Waals surface area (Å²) < 4.78 is 0. The van der Waals surface area contributed by atoms with Gasteiger partial charge >= 0.3 is 0 Å². The van der Waals surface area contributed by atoms with Gasteiger partial charge in [0.2, 0.25) is 0 Å². The second-order valence-corrected chi connectivity index (χ2v) is 4.13. The van der Waals surface area contributed by atoms with Crippen molar-refractivity contribution in [3.05, 3.63) is 71.2 Å². The molecule has 1 heterocycles. The minimum atomic E-state index is 0.671. The molecule has 0 fully saturated rings. The Bertz CT molecular complexity index is 523. The largest absolute Gasteiger partial charge is 0.398 e. The molecular weight excluding hydrogens is 246 g/mol. The molecule has 3 heteroatoms. The SMILES string of the molecule is C=C(/C(C)=C\C=C/C)/C(N)=C/c1cccnc1C.CN. The summed E-state index contributed by atoms with van der Waals surface area (Å²) in [6, 6.07) is 3.89. The fourth-order valence-corrected chi connectivity index (χ4v) is 1.47. The molecule has 4 N–H and O–H groups in total. The van der Waals surface area contributed by atoms with Crippen LogP contribution in [0.15, 0.2) is 60.0 Å². The summed E-state index contributed by atoms with van der Waals surface area (Å²) in [5.74, 6) is 0. The molecule has 0 saturated heterocycles. The molecule has 0 aliphatic rings. The number of hydrogen-bond donors (Lipinski definition) is 2. The van der Waals surface area contributed by atoms with Crippen molar-refractivity contribution in [3.8, 4) is 0 Å². The molecule has 0 aromatic carbocycles. The van der Waals surface area contributed by atoms with Crippen LogP contribution in [-0.2, 0) is 0 Å². The average Bonchev–Trinajstić information content (AvgIpc) is 2.48. The number of aryl methyl sites for hydroxylation is 1. The highest BCUT2D eigenvalue weighted by atomic mass is 14.7. The van der Waals surface area contributed by atoms with Crippen LogP contribution in [-0.4, -0.2) is 12.0 Å². The van der Waals surface area contributed by atoms with E-state index < -0.39 is 0 Å². The standard InChI is InChI=1S/C16H20N2.CH5N/c1-5-6-8-12(2)13(3)16(17)11-15-9-7-10-18-14(15)4;1-2/h5-11H,3,17H2,1-2,4H3;2H2,1H3/b6-5-,12-8-,16-11-;. The normalized spacial score (nSPS) is 12.1. The summed E-state index contributed by atoms with van der Waals surface area (Å²) >= 11 is 0. The fraction of sp³-hybridized carbons (Fsp3) is 0.235. The molecule has 0 radical (unpaired) electrons. The van der Waals surface area contributed by atoms with Crippen molar-refractivity contribution in [1.29, 1.82) is 0 Å². The van der Waals surface area contributed by atoms with E-state index in [-0.39, 0.29) is 0 Å². The van der Waals surface area contributed by atoms with Gasteiger partial charge in [-0.3, -0.25) is 4.98 Å². The van der Waals surface area contributed by atoms with Gasteiger partial charge in [-0.25, -0.2) is 0 Å². The van der Waals surface area contributed by atoms with Gasteiger partial charge in [0.25, 0.3) is 0 Å². The summed E-state index contributed by atoms with van der Waals surface area (Å²) in [6.07, 6.45) is 9.64. The van der Waals surface area contributed by atoms with Crippen molar-refractivity contribution in [1.82, 2.24) is 4.98 Å². The van der Waals surface area contributed by atoms with Gasteiger partial charge < -0.3 is 11.5 Å². The second-order valence-electron chi connectivity index (χ2n) is 4.13. The predicted octanol–water partition coefficient (Wildman–Crippen LogP) is 3.34. The molecule has 0 aliphatic heterocycles. The zero-order chi connectivity index (χ0) is 15.5. The van der Waals surface area contributed by atoms with E-state index in [4.69, 9.17) is 5.73 Å². The Hall–Kier alpha value is -2.13. The van der Waals surface area contributed by atoms with Crippen molar-refractivity contribution in [3.63, 3.8) is 0 Å². The third-order valence-electron chi connectivity index (χ3n) is 2.72. The summed E-state index contributed by atoms with van der Waals surface area (Å²) in [5, 5.41) is 0. The van der Waals surface area contributed by atoms with Crippen molar-refractivity contribution < 1.29 is 0 Å². The van der Waals surface area contributed by atoms with E-state index in [0.29, 0.717) is 5.70 Å². The van der Waals surface area contributed by atoms with Gasteiger partial charge in [0, 0.05) is 17.6 Å². The minimum absolute atomic E-state index is 0.671. The molecule has 20 heavy (non-hydrogen) atoms. The number of pyridine rings is 1. The molecule has 1 rings (SSSR count). The van der Waals surface area contributed by atoms with E-state index in [2.05, 4.69) is 17.3 Å². The Morgan fingerprint density at radius 2 is 2.00 bits per heavy atom. The zero-order valence-corrected chi connectivity index (χ0v) is 12.9. The topological polar surface area (TPSA) is 64.9 Å². The smallest absolute Gasteiger partial charge is 0.0445 e. The molecular formula is C17H25N3. The number of hydrogen-bond acceptors (Lipinski definition) is 3. The van der Waals surface area contributed by atoms with Crippen LogP contribution in [0.2, 0.25) is 0 Å². The monoisotopic (exact) mass is 271 g/mol. The first-order valence-corrected chi connectivity index (χ1v) is 6.52. The Balaban J connectivity index is 0.00000172. The molecule has 0 bridgehead atoms. The highest BCUT2D eigenvalue weighted by molar-refractivity contribution is 5.61. The van der Waals surface area contributed by atoms with Gasteiger partial charge in [-0.15, -0.1) is 0 Å². The van der Waals surface area contributed by atoms with Crippen LogP contribution in [0, 0.1) is 6.92 Å². The summed E-state index contributed by atoms with van der Waals surface area (Å²) in [4.78, 5) is 4.23. The summed E-state index contributed by atoms with van der Waals surface area (Å²) in [7, 11) is 1.50. The molecule has 0 unspecified atom stereocenters. The fourth-order valence-electron chi connectivity index (χ4n) is 1.47. The lowest BCUT2D eigenvalue weighted by Gasteiger charge is -2.07. The number of rotatable bonds is 4. The second kappa shape index (κ2) is 9.75. The van der Waals surface area contributed by atoms with Gasteiger partial charge in [0.05, 0.1) is 0 Å². The third-order valence-corrected chi connectivity index (χ3v) is 2.72. The molecule has 108 valence electrons. The van der Waals surface area contributed by atoms with Gasteiger partial charge in [0.15, 0.2) is 0 Å². The van der Waals surface area contributed by atoms with Crippen molar-refractivity contribution in [2.24, 2.45) is 11.5 Å². The lowest BCUT2D eigenvalue weighted by Crippen LogP contribution is -2.01. The van der Waals surface area contributed by atoms with Crippen LogP contribution < -0.4 is 11.5 Å². The maximum Gasteiger partial charge on any atom is 0.0445 e. The van der Waals surface area contributed by atoms with Gasteiger partial charge in [0.1, 0.15) is 0 Å². The van der Waals surface area contributed by atoms with Crippen LogP contribution in [0.5, 0.6) is 0 Å². The quantitative estimate of drug-likeness (QED) is 0.825. The highest BCUT2D eigenvalue weighted by Gasteiger charge is 2.02. The summed E-state index contributed by atoms with van der Waals surface area (Å²) in [6.45, 7) is 9.96. The van der Waals surface area contributed by atoms with Crippen molar-refractivity contribution in [2.75, 3.05) is 7.05 Å². The van der Waals surface area contributed by atoms with Crippen LogP contribution in [0.3, 0.4) is 0 Å². The van der Waals surface area contributed by atoms with Gasteiger partial charge in [-0.2, -0.15) is 0 Å². The van der Waals surface area contributed by atoms with E-state index in [0.717, 1.165) is 22.4 Å². The Kier molecular flexibility index (Phi) is 8.72. The summed E-state index contributed by atoms with van der Waals surface area (Å²) in [5.41, 5.74) is 15.1. The molecule has 0 aliphatic carbocycles. The van der Waals surface area contributed by atoms with Gasteiger partial charge in [-0.05, 0) is 56.7 Å². The molecule has 0 spiro atoms. The Labute approximate surface area is 122 Å². The van der Waals surface area contributed by atoms with Crippen molar-refractivity contribution in [2.45, 2.75) is 20.8 Å². The van der Waals surface area contributed by atoms with E-state index in [1.54, 1.807) is 6.20 Å². The van der Waals surface area contributed by atoms with Crippen LogP contribution in [0.25, 0.3) is 6.08 Å². The first-order valence-electron chi connectivity index (χ1n) is 6.52. The molecule has 0 atom stereocenters. The zero-order valence-electron chi connectivity index (χ0n) is 12.9. The first-order chi connectivity index (χ1) is 9.56. The lowest BCUT2D eigenvalue weighted by atomic mass is 10.0. The molecule has 1 aromatic heterocycles. The van der Waals surface area contributed by atoms with Crippen LogP contribution in [0.4, 0.5) is 0 Å². The van der Waals surface area contributed by atoms with Gasteiger partial charge in [-0.1, -0.05) is 30.9 Å². The lowest BCUT2D eigenvalue weighted by molar-refractivity contribution is 1.18. The van der Waals surface area contributed by atoms with Crippen LogP contribution in [0.1, 0.15) is 25.1 Å². The Morgan fingerprint density at radius 1 is 1.35 bits per heavy atom. The number of nitrogens with zero attached hydrogens (tertiary/aromatic N) is 1. The molecule has 3 nitrogen and oxygen atoms in total. The van der Waals surface area contributed by atoms with E-state index >= 15 is 0 Å². The number of nitrogens with two attached hydrogens (primary N) is 2. The van der Waals surface area contributed by atoms with Crippen LogP contribution >= 0.6 is 0 Å².